The van der Waals surface area contributed by atoms with Crippen molar-refractivity contribution in [1.29, 1.82) is 0 Å². The fourth-order valence-corrected chi connectivity index (χ4v) is 3.90. The van der Waals surface area contributed by atoms with E-state index < -0.39 is 0 Å². The molecule has 4 nitrogen and oxygen atoms in total. The number of piperidine rings is 1. The first-order valence-corrected chi connectivity index (χ1v) is 8.24. The molecule has 2 aliphatic rings. The molecule has 0 radical (unpaired) electrons. The molecule has 21 heavy (non-hydrogen) atoms. The number of nitrogens with two attached hydrogens (primary N) is 1. The lowest BCUT2D eigenvalue weighted by Crippen LogP contribution is -2.51. The Morgan fingerprint density at radius 1 is 1.33 bits per heavy atom. The van der Waals surface area contributed by atoms with Crippen LogP contribution in [0.1, 0.15) is 60.4 Å². The molecule has 2 heterocycles. The first-order chi connectivity index (χ1) is 10.0. The zero-order chi connectivity index (χ0) is 15.1. The van der Waals surface area contributed by atoms with E-state index in [1.54, 1.807) is 0 Å². The Balaban J connectivity index is 1.89. The number of aromatic nitrogens is 1. The van der Waals surface area contributed by atoms with Crippen LogP contribution in [0.15, 0.2) is 6.07 Å². The lowest BCUT2D eigenvalue weighted by atomic mass is 9.90. The van der Waals surface area contributed by atoms with E-state index in [4.69, 9.17) is 5.73 Å². The van der Waals surface area contributed by atoms with E-state index in [1.165, 1.54) is 25.0 Å². The smallest absolute Gasteiger partial charge is 0.255 e. The van der Waals surface area contributed by atoms with Crippen LogP contribution in [0.4, 0.5) is 0 Å². The van der Waals surface area contributed by atoms with E-state index >= 15 is 0 Å². The van der Waals surface area contributed by atoms with E-state index in [9.17, 15) is 4.79 Å². The number of hydrogen-bond acceptors (Lipinski definition) is 2. The molecule has 2 atom stereocenters. The van der Waals surface area contributed by atoms with Crippen molar-refractivity contribution in [2.24, 2.45) is 11.7 Å². The van der Waals surface area contributed by atoms with Crippen LogP contribution in [0, 0.1) is 19.8 Å². The van der Waals surface area contributed by atoms with Crippen LogP contribution in [0.2, 0.25) is 0 Å². The monoisotopic (exact) mass is 289 g/mol. The van der Waals surface area contributed by atoms with Crippen LogP contribution in [-0.4, -0.2) is 34.5 Å². The Kier molecular flexibility index (Phi) is 3.82. The third kappa shape index (κ3) is 2.50. The molecule has 0 aromatic carbocycles. The zero-order valence-corrected chi connectivity index (χ0v) is 13.4. The van der Waals surface area contributed by atoms with Gasteiger partial charge in [0.15, 0.2) is 0 Å². The normalized spacial score (nSPS) is 26.2. The van der Waals surface area contributed by atoms with Gasteiger partial charge in [0.1, 0.15) is 0 Å². The van der Waals surface area contributed by atoms with Gasteiger partial charge in [0, 0.05) is 36.6 Å². The molecule has 1 aliphatic heterocycles. The van der Waals surface area contributed by atoms with Crippen molar-refractivity contribution < 1.29 is 4.79 Å². The van der Waals surface area contributed by atoms with E-state index in [2.05, 4.69) is 31.4 Å². The van der Waals surface area contributed by atoms with E-state index in [0.717, 1.165) is 24.2 Å². The highest BCUT2D eigenvalue weighted by Gasteiger charge is 2.34. The van der Waals surface area contributed by atoms with Gasteiger partial charge in [-0.2, -0.15) is 0 Å². The minimum absolute atomic E-state index is 0.178. The number of aryl methyl sites for hydroxylation is 1. The van der Waals surface area contributed by atoms with Crippen molar-refractivity contribution in [3.63, 3.8) is 0 Å². The van der Waals surface area contributed by atoms with Gasteiger partial charge >= 0.3 is 0 Å². The molecular formula is C17H27N3O. The first kappa shape index (κ1) is 14.6. The SMILES string of the molecule is Cc1cc(C(=O)N2CCC[C@@H](C)[C@@H]2CN)c(C)n1C1CC1. The second kappa shape index (κ2) is 5.48. The number of likely N-dealkylation sites (tertiary alicyclic amines) is 1. The minimum atomic E-state index is 0.178. The summed E-state index contributed by atoms with van der Waals surface area (Å²) in [7, 11) is 0. The molecule has 2 N–H and O–H groups in total. The number of amides is 1. The second-order valence-electron chi connectivity index (χ2n) is 6.81. The van der Waals surface area contributed by atoms with Crippen LogP contribution >= 0.6 is 0 Å². The van der Waals surface area contributed by atoms with Crippen molar-refractivity contribution in [1.82, 2.24) is 9.47 Å². The molecule has 2 fully saturated rings. The summed E-state index contributed by atoms with van der Waals surface area (Å²) in [5, 5.41) is 0. The van der Waals surface area contributed by atoms with Crippen molar-refractivity contribution >= 4 is 5.91 Å². The summed E-state index contributed by atoms with van der Waals surface area (Å²) in [5.74, 6) is 0.677. The van der Waals surface area contributed by atoms with Crippen LogP contribution < -0.4 is 5.73 Å². The lowest BCUT2D eigenvalue weighted by molar-refractivity contribution is 0.0531. The molecule has 1 saturated heterocycles. The van der Waals surface area contributed by atoms with Crippen LogP contribution in [0.5, 0.6) is 0 Å². The molecule has 1 aromatic heterocycles. The molecule has 0 spiro atoms. The Morgan fingerprint density at radius 3 is 2.67 bits per heavy atom. The van der Waals surface area contributed by atoms with Crippen molar-refractivity contribution in [2.75, 3.05) is 13.1 Å². The molecule has 1 aromatic rings. The Labute approximate surface area is 127 Å². The standard InChI is InChI=1S/C17H27N3O/c1-11-5-4-8-19(16(11)10-18)17(21)15-9-12(2)20(13(15)3)14-6-7-14/h9,11,14,16H,4-8,10,18H2,1-3H3/t11-,16+/m1/s1. The summed E-state index contributed by atoms with van der Waals surface area (Å²) in [6.45, 7) is 7.82. The van der Waals surface area contributed by atoms with Crippen LogP contribution in [-0.2, 0) is 0 Å². The summed E-state index contributed by atoms with van der Waals surface area (Å²) < 4.78 is 2.35. The number of carbonyl (C=O) groups is 1. The van der Waals surface area contributed by atoms with Gasteiger partial charge in [0.2, 0.25) is 0 Å². The second-order valence-corrected chi connectivity index (χ2v) is 6.81. The number of nitrogens with zero attached hydrogens (tertiary/aromatic N) is 2. The van der Waals surface area contributed by atoms with Crippen molar-refractivity contribution in [3.8, 4) is 0 Å². The number of hydrogen-bond donors (Lipinski definition) is 1. The van der Waals surface area contributed by atoms with E-state index in [1.807, 2.05) is 4.90 Å². The van der Waals surface area contributed by atoms with Gasteiger partial charge in [-0.15, -0.1) is 0 Å². The molecule has 1 aliphatic carbocycles. The van der Waals surface area contributed by atoms with Crippen molar-refractivity contribution in [3.05, 3.63) is 23.0 Å². The van der Waals surface area contributed by atoms with Gasteiger partial charge in [-0.3, -0.25) is 4.79 Å². The van der Waals surface area contributed by atoms with Gasteiger partial charge in [0.05, 0.1) is 5.56 Å². The average molecular weight is 289 g/mol. The number of rotatable bonds is 3. The van der Waals surface area contributed by atoms with Gasteiger partial charge in [0.25, 0.3) is 5.91 Å². The summed E-state index contributed by atoms with van der Waals surface area (Å²) >= 11 is 0. The van der Waals surface area contributed by atoms with Gasteiger partial charge < -0.3 is 15.2 Å². The summed E-state index contributed by atoms with van der Waals surface area (Å²) in [6, 6.07) is 2.88. The summed E-state index contributed by atoms with van der Waals surface area (Å²) in [4.78, 5) is 15.0. The molecule has 0 bridgehead atoms. The van der Waals surface area contributed by atoms with Crippen LogP contribution in [0.3, 0.4) is 0 Å². The molecule has 1 amide bonds. The zero-order valence-electron chi connectivity index (χ0n) is 13.4. The summed E-state index contributed by atoms with van der Waals surface area (Å²) in [6.07, 6.45) is 4.75. The molecule has 3 rings (SSSR count). The maximum absolute atomic E-state index is 13.0. The third-order valence-electron chi connectivity index (χ3n) is 5.24. The maximum atomic E-state index is 13.0. The van der Waals surface area contributed by atoms with Gasteiger partial charge in [-0.1, -0.05) is 6.92 Å². The first-order valence-electron chi connectivity index (χ1n) is 8.24. The Hall–Kier alpha value is -1.29. The minimum Gasteiger partial charge on any atom is -0.345 e. The average Bonchev–Trinajstić information content (AvgIpc) is 3.24. The fourth-order valence-electron chi connectivity index (χ4n) is 3.90. The van der Waals surface area contributed by atoms with Gasteiger partial charge in [-0.05, 0) is 51.5 Å². The predicted octanol–water partition coefficient (Wildman–Crippen LogP) is 2.64. The topological polar surface area (TPSA) is 51.3 Å². The van der Waals surface area contributed by atoms with E-state index in [0.29, 0.717) is 18.5 Å². The third-order valence-corrected chi connectivity index (χ3v) is 5.24. The predicted molar refractivity (Wildman–Crippen MR) is 84.5 cm³/mol. The molecule has 0 unspecified atom stereocenters. The lowest BCUT2D eigenvalue weighted by Gasteiger charge is -2.39. The summed E-state index contributed by atoms with van der Waals surface area (Å²) in [5.41, 5.74) is 9.16. The quantitative estimate of drug-likeness (QED) is 0.930. The van der Waals surface area contributed by atoms with E-state index in [-0.39, 0.29) is 11.9 Å². The Morgan fingerprint density at radius 2 is 2.05 bits per heavy atom. The highest BCUT2D eigenvalue weighted by atomic mass is 16.2. The highest BCUT2D eigenvalue weighted by molar-refractivity contribution is 5.96. The highest BCUT2D eigenvalue weighted by Crippen LogP contribution is 2.38. The molecule has 116 valence electrons. The fraction of sp³-hybridized carbons (Fsp3) is 0.706. The number of carbonyl (C=O) groups excluding carboxylic acids is 1. The van der Waals surface area contributed by atoms with Crippen molar-refractivity contribution in [2.45, 2.75) is 58.5 Å². The molecular weight excluding hydrogens is 262 g/mol. The Bertz CT molecular complexity index is 544. The molecule has 4 heteroatoms. The molecule has 1 saturated carbocycles. The van der Waals surface area contributed by atoms with Crippen LogP contribution in [0.25, 0.3) is 0 Å². The maximum Gasteiger partial charge on any atom is 0.255 e. The van der Waals surface area contributed by atoms with Gasteiger partial charge in [-0.25, -0.2) is 0 Å². The largest absolute Gasteiger partial charge is 0.345 e.